The summed E-state index contributed by atoms with van der Waals surface area (Å²) < 4.78 is 27.2. The highest BCUT2D eigenvalue weighted by molar-refractivity contribution is 7.89. The number of hydrogen-bond donors (Lipinski definition) is 2. The predicted octanol–water partition coefficient (Wildman–Crippen LogP) is 1.72. The SMILES string of the molecule is C[C@@H](CN)NC(=O)c1cccc(S(=O)(=O)N(C)C2CCCCC2)c1. The standard InChI is InChI=1S/C17H27N3O3S/c1-13(12-18)19-17(21)14-7-6-10-16(11-14)24(22,23)20(2)15-8-4-3-5-9-15/h6-7,10-11,13,15H,3-5,8-9,12,18H2,1-2H3,(H,19,21)/t13-/m0/s1. The van der Waals surface area contributed by atoms with Gasteiger partial charge in [0.25, 0.3) is 5.91 Å². The van der Waals surface area contributed by atoms with Gasteiger partial charge in [-0.05, 0) is 38.0 Å². The van der Waals surface area contributed by atoms with Crippen molar-refractivity contribution in [1.82, 2.24) is 9.62 Å². The minimum absolute atomic E-state index is 0.0403. The maximum atomic E-state index is 12.9. The number of amides is 1. The van der Waals surface area contributed by atoms with Gasteiger partial charge in [-0.3, -0.25) is 4.79 Å². The maximum absolute atomic E-state index is 12.9. The van der Waals surface area contributed by atoms with E-state index in [1.54, 1.807) is 26.1 Å². The number of nitrogens with two attached hydrogens (primary N) is 1. The summed E-state index contributed by atoms with van der Waals surface area (Å²) in [7, 11) is -1.97. The van der Waals surface area contributed by atoms with E-state index in [-0.39, 0.29) is 22.9 Å². The number of nitrogens with zero attached hydrogens (tertiary/aromatic N) is 1. The molecule has 7 heteroatoms. The number of hydrogen-bond acceptors (Lipinski definition) is 4. The molecule has 0 bridgehead atoms. The van der Waals surface area contributed by atoms with Crippen LogP contribution in [0.2, 0.25) is 0 Å². The van der Waals surface area contributed by atoms with Gasteiger partial charge in [0, 0.05) is 31.2 Å². The number of nitrogens with one attached hydrogen (secondary N) is 1. The first kappa shape index (κ1) is 18.9. The lowest BCUT2D eigenvalue weighted by molar-refractivity contribution is 0.0941. The van der Waals surface area contributed by atoms with Gasteiger partial charge in [-0.15, -0.1) is 0 Å². The van der Waals surface area contributed by atoms with Crippen molar-refractivity contribution >= 4 is 15.9 Å². The first-order chi connectivity index (χ1) is 11.4. The molecule has 1 amide bonds. The molecule has 6 nitrogen and oxygen atoms in total. The highest BCUT2D eigenvalue weighted by Crippen LogP contribution is 2.26. The predicted molar refractivity (Wildman–Crippen MR) is 94.2 cm³/mol. The summed E-state index contributed by atoms with van der Waals surface area (Å²) >= 11 is 0. The van der Waals surface area contributed by atoms with Gasteiger partial charge in [0.1, 0.15) is 0 Å². The van der Waals surface area contributed by atoms with Crippen LogP contribution in [0.5, 0.6) is 0 Å². The average molecular weight is 353 g/mol. The third kappa shape index (κ3) is 4.34. The van der Waals surface area contributed by atoms with Crippen LogP contribution >= 0.6 is 0 Å². The molecule has 1 saturated carbocycles. The molecule has 0 aliphatic heterocycles. The largest absolute Gasteiger partial charge is 0.348 e. The van der Waals surface area contributed by atoms with E-state index in [1.165, 1.54) is 22.9 Å². The van der Waals surface area contributed by atoms with Crippen molar-refractivity contribution in [2.24, 2.45) is 5.73 Å². The Bertz CT molecular complexity index is 669. The molecule has 1 atom stereocenters. The van der Waals surface area contributed by atoms with Crippen molar-refractivity contribution in [2.75, 3.05) is 13.6 Å². The summed E-state index contributed by atoms with van der Waals surface area (Å²) in [5.74, 6) is -0.315. The minimum Gasteiger partial charge on any atom is -0.348 e. The molecule has 0 radical (unpaired) electrons. The number of sulfonamides is 1. The van der Waals surface area contributed by atoms with E-state index in [0.717, 1.165) is 25.7 Å². The Hall–Kier alpha value is -1.44. The fourth-order valence-electron chi connectivity index (χ4n) is 2.97. The Labute approximate surface area is 144 Å². The lowest BCUT2D eigenvalue weighted by Crippen LogP contribution is -2.39. The zero-order valence-electron chi connectivity index (χ0n) is 14.4. The second-order valence-corrected chi connectivity index (χ2v) is 8.45. The van der Waals surface area contributed by atoms with Gasteiger partial charge in [0.2, 0.25) is 10.0 Å². The van der Waals surface area contributed by atoms with E-state index in [2.05, 4.69) is 5.32 Å². The molecule has 134 valence electrons. The highest BCUT2D eigenvalue weighted by Gasteiger charge is 2.29. The van der Waals surface area contributed by atoms with Gasteiger partial charge in [-0.25, -0.2) is 8.42 Å². The molecule has 2 rings (SSSR count). The fraction of sp³-hybridized carbons (Fsp3) is 0.588. The van der Waals surface area contributed by atoms with E-state index in [0.29, 0.717) is 12.1 Å². The Morgan fingerprint density at radius 3 is 2.62 bits per heavy atom. The molecule has 1 aliphatic carbocycles. The molecule has 3 N–H and O–H groups in total. The van der Waals surface area contributed by atoms with Crippen LogP contribution in [0.3, 0.4) is 0 Å². The zero-order chi connectivity index (χ0) is 17.7. The van der Waals surface area contributed by atoms with Gasteiger partial charge in [0.05, 0.1) is 4.90 Å². The van der Waals surface area contributed by atoms with Crippen LogP contribution in [-0.2, 0) is 10.0 Å². The Morgan fingerprint density at radius 2 is 2.00 bits per heavy atom. The molecular weight excluding hydrogens is 326 g/mol. The van der Waals surface area contributed by atoms with Crippen LogP contribution in [0.25, 0.3) is 0 Å². The third-order valence-electron chi connectivity index (χ3n) is 4.59. The topological polar surface area (TPSA) is 92.5 Å². The number of benzene rings is 1. The lowest BCUT2D eigenvalue weighted by atomic mass is 9.96. The molecule has 24 heavy (non-hydrogen) atoms. The van der Waals surface area contributed by atoms with Crippen LogP contribution < -0.4 is 11.1 Å². The molecule has 0 spiro atoms. The van der Waals surface area contributed by atoms with Crippen LogP contribution in [0.1, 0.15) is 49.4 Å². The molecule has 1 aliphatic rings. The van der Waals surface area contributed by atoms with E-state index in [4.69, 9.17) is 5.73 Å². The molecule has 1 aromatic rings. The number of carbonyl (C=O) groups is 1. The van der Waals surface area contributed by atoms with E-state index < -0.39 is 10.0 Å². The van der Waals surface area contributed by atoms with Crippen molar-refractivity contribution in [3.8, 4) is 0 Å². The van der Waals surface area contributed by atoms with Gasteiger partial charge < -0.3 is 11.1 Å². The molecular formula is C17H27N3O3S. The maximum Gasteiger partial charge on any atom is 0.251 e. The highest BCUT2D eigenvalue weighted by atomic mass is 32.2. The Kier molecular flexibility index (Phi) is 6.37. The second-order valence-electron chi connectivity index (χ2n) is 6.45. The van der Waals surface area contributed by atoms with Crippen molar-refractivity contribution in [1.29, 1.82) is 0 Å². The quantitative estimate of drug-likeness (QED) is 0.814. The fourth-order valence-corrected chi connectivity index (χ4v) is 4.43. The Morgan fingerprint density at radius 1 is 1.33 bits per heavy atom. The monoisotopic (exact) mass is 353 g/mol. The van der Waals surface area contributed by atoms with Crippen molar-refractivity contribution < 1.29 is 13.2 Å². The Balaban J connectivity index is 2.21. The first-order valence-corrected chi connectivity index (χ1v) is 9.89. The molecule has 0 unspecified atom stereocenters. The number of rotatable bonds is 6. The van der Waals surface area contributed by atoms with Gasteiger partial charge in [0.15, 0.2) is 0 Å². The normalized spacial score (nSPS) is 17.7. The third-order valence-corrected chi connectivity index (χ3v) is 6.50. The summed E-state index contributed by atoms with van der Waals surface area (Å²) in [4.78, 5) is 12.3. The van der Waals surface area contributed by atoms with Crippen molar-refractivity contribution in [3.63, 3.8) is 0 Å². The molecule has 0 heterocycles. The summed E-state index contributed by atoms with van der Waals surface area (Å²) in [6.45, 7) is 2.13. The summed E-state index contributed by atoms with van der Waals surface area (Å²) in [5.41, 5.74) is 5.83. The van der Waals surface area contributed by atoms with Gasteiger partial charge >= 0.3 is 0 Å². The molecule has 1 fully saturated rings. The van der Waals surface area contributed by atoms with Crippen LogP contribution in [0.15, 0.2) is 29.2 Å². The zero-order valence-corrected chi connectivity index (χ0v) is 15.2. The molecule has 0 aromatic heterocycles. The van der Waals surface area contributed by atoms with E-state index in [1.807, 2.05) is 0 Å². The lowest BCUT2D eigenvalue weighted by Gasteiger charge is -2.30. The first-order valence-electron chi connectivity index (χ1n) is 8.45. The second kappa shape index (κ2) is 8.09. The van der Waals surface area contributed by atoms with Crippen LogP contribution in [-0.4, -0.2) is 44.3 Å². The smallest absolute Gasteiger partial charge is 0.251 e. The molecule has 0 saturated heterocycles. The number of carbonyl (C=O) groups excluding carboxylic acids is 1. The molecule has 1 aromatic carbocycles. The summed E-state index contributed by atoms with van der Waals surface area (Å²) in [6.07, 6.45) is 5.07. The summed E-state index contributed by atoms with van der Waals surface area (Å²) in [5, 5.41) is 2.74. The van der Waals surface area contributed by atoms with Crippen LogP contribution in [0.4, 0.5) is 0 Å². The minimum atomic E-state index is -3.60. The summed E-state index contributed by atoms with van der Waals surface area (Å²) in [6, 6.07) is 6.06. The van der Waals surface area contributed by atoms with Crippen molar-refractivity contribution in [2.45, 2.75) is 56.0 Å². The van der Waals surface area contributed by atoms with Crippen molar-refractivity contribution in [3.05, 3.63) is 29.8 Å². The van der Waals surface area contributed by atoms with Gasteiger partial charge in [-0.2, -0.15) is 4.31 Å². The van der Waals surface area contributed by atoms with E-state index >= 15 is 0 Å². The van der Waals surface area contributed by atoms with Crippen LogP contribution in [0, 0.1) is 0 Å². The van der Waals surface area contributed by atoms with E-state index in [9.17, 15) is 13.2 Å². The average Bonchev–Trinajstić information content (AvgIpc) is 2.61. The van der Waals surface area contributed by atoms with Gasteiger partial charge in [-0.1, -0.05) is 25.3 Å².